The minimum atomic E-state index is -0.839. The van der Waals surface area contributed by atoms with Crippen LogP contribution >= 0.6 is 11.8 Å². The molecule has 19 atom stereocenters. The number of thioether (sulfide) groups is 1. The minimum absolute atomic E-state index is 0.0188. The topological polar surface area (TPSA) is 330 Å². The lowest BCUT2D eigenvalue weighted by atomic mass is 9.93. The smallest absolute Gasteiger partial charge is 0.254 e. The van der Waals surface area contributed by atoms with E-state index < -0.39 is 24.4 Å². The van der Waals surface area contributed by atoms with Crippen LogP contribution in [0.25, 0.3) is 16.7 Å². The second kappa shape index (κ2) is 32.2. The number of rotatable bonds is 11. The van der Waals surface area contributed by atoms with Crippen LogP contribution in [-0.4, -0.2) is 199 Å². The van der Waals surface area contributed by atoms with Gasteiger partial charge in [-0.2, -0.15) is 0 Å². The quantitative estimate of drug-likeness (QED) is 0.0972. The monoisotopic (exact) mass is 1300 g/mol. The van der Waals surface area contributed by atoms with E-state index in [1.807, 2.05) is 30.0 Å². The van der Waals surface area contributed by atoms with Crippen molar-refractivity contribution >= 4 is 33.6 Å². The van der Waals surface area contributed by atoms with Crippen molar-refractivity contribution in [2.75, 3.05) is 67.1 Å². The Balaban J connectivity index is 0.000000134. The first-order valence-corrected chi connectivity index (χ1v) is 33.4. The first kappa shape index (κ1) is 70.7. The van der Waals surface area contributed by atoms with Gasteiger partial charge in [0.25, 0.3) is 16.7 Å². The van der Waals surface area contributed by atoms with Gasteiger partial charge in [0.15, 0.2) is 11.5 Å². The third-order valence-electron chi connectivity index (χ3n) is 20.1. The number of nitrogens with zero attached hydrogens (tertiary/aromatic N) is 5. The van der Waals surface area contributed by atoms with Crippen molar-refractivity contribution in [3.8, 4) is 0 Å². The minimum Gasteiger partial charge on any atom is -0.396 e. The van der Waals surface area contributed by atoms with E-state index in [9.17, 15) is 45.0 Å². The van der Waals surface area contributed by atoms with Crippen LogP contribution in [0.3, 0.4) is 0 Å². The van der Waals surface area contributed by atoms with Crippen molar-refractivity contribution in [1.82, 2.24) is 34.8 Å². The maximum Gasteiger partial charge on any atom is 0.254 e. The first-order valence-electron chi connectivity index (χ1n) is 32.4. The van der Waals surface area contributed by atoms with Gasteiger partial charge in [0.1, 0.15) is 0 Å². The Bertz CT molecular complexity index is 3390. The van der Waals surface area contributed by atoms with Crippen LogP contribution in [-0.2, 0) is 47.7 Å². The van der Waals surface area contributed by atoms with Gasteiger partial charge in [-0.25, -0.2) is 15.0 Å². The molecule has 0 bridgehead atoms. The number of hydrogen-bond donors (Lipinski definition) is 9. The summed E-state index contributed by atoms with van der Waals surface area (Å²) in [5, 5.41) is 60.9. The number of nitrogens with one attached hydrogen (secondary N) is 3. The molecule has 9 N–H and O–H groups in total. The fraction of sp³-hybridized carbons (Fsp3) is 0.632. The van der Waals surface area contributed by atoms with Crippen molar-refractivity contribution in [3.05, 3.63) is 137 Å². The molecule has 23 nitrogen and oxygen atoms in total. The van der Waals surface area contributed by atoms with E-state index in [1.165, 1.54) is 54.0 Å². The molecule has 4 aromatic rings. The predicted molar refractivity (Wildman–Crippen MR) is 350 cm³/mol. The number of amidine groups is 1. The molecule has 10 aliphatic rings. The van der Waals surface area contributed by atoms with Gasteiger partial charge in [0.2, 0.25) is 0 Å². The third kappa shape index (κ3) is 15.9. The first-order chi connectivity index (χ1) is 44.2. The molecule has 92 heavy (non-hydrogen) atoms. The van der Waals surface area contributed by atoms with Crippen LogP contribution in [0.2, 0.25) is 0 Å². The average Bonchev–Trinajstić information content (AvgIpc) is 1.65. The Morgan fingerprint density at radius 2 is 1.09 bits per heavy atom. The zero-order valence-corrected chi connectivity index (χ0v) is 55.5. The zero-order valence-electron chi connectivity index (χ0n) is 54.6. The molecule has 6 fully saturated rings. The zero-order chi connectivity index (χ0) is 66.1. The highest BCUT2D eigenvalue weighted by Gasteiger charge is 2.48. The van der Waals surface area contributed by atoms with Gasteiger partial charge in [-0.15, -0.1) is 0 Å². The van der Waals surface area contributed by atoms with E-state index in [0.29, 0.717) is 109 Å². The van der Waals surface area contributed by atoms with E-state index in [0.717, 1.165) is 35.6 Å². The highest BCUT2D eigenvalue weighted by molar-refractivity contribution is 8.14. The number of aromatic amines is 3. The number of aliphatic hydroxyl groups excluding tert-OH is 6. The molecule has 7 unspecified atom stereocenters. The summed E-state index contributed by atoms with van der Waals surface area (Å²) >= 11 is 1.89. The molecule has 504 valence electrons. The maximum atomic E-state index is 11.8. The van der Waals surface area contributed by atoms with E-state index in [4.69, 9.17) is 33.4 Å². The molecule has 0 radical (unpaired) electrons. The SMILES string of the molecule is CC1CC(C)C(C)O1.COC1CC(C)C(C)O1.COC[C@H]1C[C@@H](C2=CCc3c2nc[nH]c3=O)[C@H](O)[C@@H]1O.CO[C@@H]1[C@@H](CO)C[C@@H](C2=CCc3c2nc[nH]c3=O)[C@@H]1O.CO[C@@H]1[C@H](O)[C@@H](CO)C[C@H]1C1=CCc2c1nc[nH]c2=O.Cc1ccc(C2CN3CCSC3=N2)cc1. The van der Waals surface area contributed by atoms with Gasteiger partial charge in [0, 0.05) is 119 Å². The van der Waals surface area contributed by atoms with Gasteiger partial charge in [-0.3, -0.25) is 19.4 Å². The number of benzene rings is 1. The summed E-state index contributed by atoms with van der Waals surface area (Å²) in [5.41, 5.74) is 8.99. The van der Waals surface area contributed by atoms with Gasteiger partial charge in [-0.1, -0.05) is 73.7 Å². The van der Waals surface area contributed by atoms with Crippen LogP contribution < -0.4 is 16.7 Å². The normalized spacial score (nSPS) is 33.4. The number of aromatic nitrogens is 6. The summed E-state index contributed by atoms with van der Waals surface area (Å²) in [6.45, 7) is 15.5. The van der Waals surface area contributed by atoms with Crippen LogP contribution in [0, 0.1) is 54.3 Å². The van der Waals surface area contributed by atoms with Crippen LogP contribution in [0.4, 0.5) is 0 Å². The lowest BCUT2D eigenvalue weighted by Crippen LogP contribution is -2.31. The Hall–Kier alpha value is -5.58. The molecule has 0 amide bonds. The van der Waals surface area contributed by atoms with Crippen molar-refractivity contribution in [1.29, 1.82) is 0 Å². The largest absolute Gasteiger partial charge is 0.396 e. The van der Waals surface area contributed by atoms with E-state index in [2.05, 4.69) is 101 Å². The van der Waals surface area contributed by atoms with E-state index in [-0.39, 0.29) is 83.9 Å². The molecule has 24 heteroatoms. The fourth-order valence-electron chi connectivity index (χ4n) is 14.6. The third-order valence-corrected chi connectivity index (χ3v) is 21.1. The highest BCUT2D eigenvalue weighted by atomic mass is 32.2. The van der Waals surface area contributed by atoms with Gasteiger partial charge >= 0.3 is 0 Å². The molecule has 3 aromatic heterocycles. The number of allylic oxidation sites excluding steroid dienone is 3. The summed E-state index contributed by atoms with van der Waals surface area (Å²) in [6, 6.07) is 9.12. The van der Waals surface area contributed by atoms with Crippen LogP contribution in [0.5, 0.6) is 0 Å². The standard InChI is InChI=1S/3C14H18N2O4.C12H14N2S.C7H14O2.C7H14O/c1-20-13-7(5-17)4-10(12(13)18)8-2-3-9-11(8)15-6-16-14(9)19;1-20-5-7-4-10(13(18)12(7)17)8-2-3-9-11(8)15-6-16-14(9)19;1-20-13-10(4-7(5-17)12(13)18)8-2-3-9-11(8)15-6-16-14(9)19;1-9-2-4-10(5-3-9)11-8-14-6-7-15-12(14)13-11;1-5-4-7(8-3)9-6(5)2;1-5-4-6(2)8-7(5)3/h3*2,6-7,10,12-13,17-18H,3-5H2,1H3,(H,15,16,19);2-5,11H,6-8H2,1H3;5-7H,4H2,1-3H3;5-7H,4H2,1-3H3/t7-,10+,12+,13-;2*7-,10+,12-,13+;;;/m111.../s1. The lowest BCUT2D eigenvalue weighted by Gasteiger charge is -2.22. The summed E-state index contributed by atoms with van der Waals surface area (Å²) < 4.78 is 31.7. The van der Waals surface area contributed by atoms with E-state index >= 15 is 0 Å². The Labute approximate surface area is 542 Å². The number of ether oxygens (including phenoxy) is 6. The molecule has 4 aliphatic heterocycles. The summed E-state index contributed by atoms with van der Waals surface area (Å²) in [5.74, 6) is 1.87. The van der Waals surface area contributed by atoms with Crippen molar-refractivity contribution in [3.63, 3.8) is 0 Å². The molecule has 3 saturated heterocycles. The second-order valence-corrected chi connectivity index (χ2v) is 27.0. The van der Waals surface area contributed by atoms with Crippen molar-refractivity contribution < 1.29 is 59.1 Å². The number of fused-ring (bicyclic) bond motifs is 4. The second-order valence-electron chi connectivity index (χ2n) is 26.0. The number of aryl methyl sites for hydroxylation is 1. The Kier molecular flexibility index (Phi) is 24.8. The fourth-order valence-corrected chi connectivity index (χ4v) is 15.6. The Morgan fingerprint density at radius 3 is 1.51 bits per heavy atom. The number of methoxy groups -OCH3 is 4. The van der Waals surface area contributed by atoms with Gasteiger partial charge in [0.05, 0.1) is 104 Å². The van der Waals surface area contributed by atoms with E-state index in [1.54, 1.807) is 28.4 Å². The van der Waals surface area contributed by atoms with Gasteiger partial charge in [-0.05, 0) is 107 Å². The lowest BCUT2D eigenvalue weighted by molar-refractivity contribution is -0.111. The summed E-state index contributed by atoms with van der Waals surface area (Å²) in [7, 11) is 6.37. The average molecular weight is 1300 g/mol. The summed E-state index contributed by atoms with van der Waals surface area (Å²) in [4.78, 5) is 62.8. The maximum absolute atomic E-state index is 11.8. The Morgan fingerprint density at radius 1 is 0.587 bits per heavy atom. The molecule has 7 heterocycles. The molecular weight excluding hydrogens is 1200 g/mol. The predicted octanol–water partition coefficient (Wildman–Crippen LogP) is 4.82. The number of H-pyrrole nitrogens is 3. The number of aliphatic imine (C=N–C) groups is 1. The molecule has 14 rings (SSSR count). The number of hydrogen-bond acceptors (Lipinski definition) is 21. The van der Waals surface area contributed by atoms with Gasteiger partial charge < -0.3 is 78.9 Å². The summed E-state index contributed by atoms with van der Waals surface area (Å²) in [6.07, 6.45) is 13.5. The van der Waals surface area contributed by atoms with Crippen molar-refractivity contribution in [2.24, 2.45) is 52.3 Å². The molecule has 0 spiro atoms. The molecular formula is C68H96N8O15S. The van der Waals surface area contributed by atoms with Crippen molar-refractivity contribution in [2.45, 2.75) is 160 Å². The van der Waals surface area contributed by atoms with Crippen LogP contribution in [0.1, 0.15) is 118 Å². The molecule has 1 aromatic carbocycles. The number of aliphatic hydroxyl groups is 6. The molecule has 6 aliphatic carbocycles. The highest BCUT2D eigenvalue weighted by Crippen LogP contribution is 2.46. The van der Waals surface area contributed by atoms with Crippen LogP contribution in [0.15, 0.2) is 80.9 Å². The molecule has 3 saturated carbocycles.